The number of benzene rings is 1. The Morgan fingerprint density at radius 1 is 1.19 bits per heavy atom. The Labute approximate surface area is 182 Å². The van der Waals surface area contributed by atoms with E-state index in [-0.39, 0.29) is 42.7 Å². The van der Waals surface area contributed by atoms with Crippen LogP contribution < -0.4 is 20.7 Å². The maximum Gasteiger partial charge on any atom is 0.319 e. The molecule has 3 atom stereocenters. The van der Waals surface area contributed by atoms with Gasteiger partial charge in [-0.3, -0.25) is 9.59 Å². The number of hydrogen-bond donors (Lipinski definition) is 3. The van der Waals surface area contributed by atoms with Crippen molar-refractivity contribution in [3.8, 4) is 5.75 Å². The predicted octanol–water partition coefficient (Wildman–Crippen LogP) is 2.12. The van der Waals surface area contributed by atoms with Gasteiger partial charge in [0.15, 0.2) is 0 Å². The minimum absolute atomic E-state index is 0.0148. The molecule has 0 aliphatic carbocycles. The largest absolute Gasteiger partial charge is 0.490 e. The molecule has 2 heterocycles. The number of amides is 4. The summed E-state index contributed by atoms with van der Waals surface area (Å²) < 4.78 is 12.1. The Morgan fingerprint density at radius 2 is 2.00 bits per heavy atom. The highest BCUT2D eigenvalue weighted by Gasteiger charge is 2.39. The summed E-state index contributed by atoms with van der Waals surface area (Å²) in [7, 11) is 1.76. The van der Waals surface area contributed by atoms with Crippen LogP contribution in [-0.2, 0) is 9.53 Å². The van der Waals surface area contributed by atoms with Gasteiger partial charge in [-0.1, -0.05) is 6.92 Å². The fourth-order valence-electron chi connectivity index (χ4n) is 3.98. The number of hydrogen-bond acceptors (Lipinski definition) is 5. The number of nitrogens with zero attached hydrogens (tertiary/aromatic N) is 1. The molecule has 0 spiro atoms. The quantitative estimate of drug-likeness (QED) is 0.638. The van der Waals surface area contributed by atoms with Gasteiger partial charge in [0.25, 0.3) is 5.91 Å². The highest BCUT2D eigenvalue weighted by atomic mass is 16.5. The average Bonchev–Trinajstić information content (AvgIpc) is 2.75. The molecular formula is C22H32N4O5. The molecule has 2 aliphatic heterocycles. The molecule has 1 aromatic carbocycles. The van der Waals surface area contributed by atoms with Crippen LogP contribution in [-0.4, -0.2) is 67.7 Å². The minimum Gasteiger partial charge on any atom is -0.490 e. The molecule has 170 valence electrons. The van der Waals surface area contributed by atoms with Crippen LogP contribution in [0.4, 0.5) is 10.5 Å². The maximum absolute atomic E-state index is 13.2. The van der Waals surface area contributed by atoms with E-state index in [1.807, 2.05) is 13.8 Å². The molecule has 0 radical (unpaired) electrons. The molecule has 1 aromatic rings. The number of anilines is 1. The van der Waals surface area contributed by atoms with Gasteiger partial charge in [0.2, 0.25) is 5.91 Å². The van der Waals surface area contributed by atoms with E-state index in [0.29, 0.717) is 42.9 Å². The zero-order chi connectivity index (χ0) is 22.4. The van der Waals surface area contributed by atoms with Crippen molar-refractivity contribution in [2.75, 3.05) is 32.1 Å². The lowest BCUT2D eigenvalue weighted by atomic mass is 9.94. The monoisotopic (exact) mass is 432 g/mol. The van der Waals surface area contributed by atoms with Crippen molar-refractivity contribution < 1.29 is 23.9 Å². The standard InChI is InChI=1S/C22H32N4O5/c1-4-10-24-20(27)12-15-7-8-17-19(31-15)13-30-18-9-6-14(25-22(29)23-5-2)11-16(18)21(28)26(17)3/h6,9,11,15,17,19H,4-5,7-8,10,12-13H2,1-3H3,(H,24,27)(H2,23,25,29)/t15-,17-,19-/m1/s1. The summed E-state index contributed by atoms with van der Waals surface area (Å²) in [6.45, 7) is 5.29. The van der Waals surface area contributed by atoms with E-state index in [0.717, 1.165) is 12.8 Å². The summed E-state index contributed by atoms with van der Waals surface area (Å²) >= 11 is 0. The topological polar surface area (TPSA) is 109 Å². The fraction of sp³-hybridized carbons (Fsp3) is 0.591. The smallest absolute Gasteiger partial charge is 0.319 e. The van der Waals surface area contributed by atoms with E-state index in [2.05, 4.69) is 16.0 Å². The van der Waals surface area contributed by atoms with Gasteiger partial charge in [-0.05, 0) is 44.4 Å². The summed E-state index contributed by atoms with van der Waals surface area (Å²) in [5, 5.41) is 8.26. The van der Waals surface area contributed by atoms with E-state index >= 15 is 0 Å². The summed E-state index contributed by atoms with van der Waals surface area (Å²) in [5.74, 6) is 0.245. The van der Waals surface area contributed by atoms with Crippen LogP contribution in [0.25, 0.3) is 0 Å². The summed E-state index contributed by atoms with van der Waals surface area (Å²) in [6.07, 6.45) is 2.13. The molecule has 31 heavy (non-hydrogen) atoms. The van der Waals surface area contributed by atoms with Crippen molar-refractivity contribution in [2.45, 2.75) is 57.8 Å². The summed E-state index contributed by atoms with van der Waals surface area (Å²) in [5.41, 5.74) is 0.918. The van der Waals surface area contributed by atoms with Crippen molar-refractivity contribution in [2.24, 2.45) is 0 Å². The van der Waals surface area contributed by atoms with Crippen molar-refractivity contribution in [3.05, 3.63) is 23.8 Å². The van der Waals surface area contributed by atoms with Gasteiger partial charge in [-0.15, -0.1) is 0 Å². The molecule has 0 aromatic heterocycles. The number of fused-ring (bicyclic) bond motifs is 2. The predicted molar refractivity (Wildman–Crippen MR) is 116 cm³/mol. The number of rotatable bonds is 6. The van der Waals surface area contributed by atoms with E-state index in [1.165, 1.54) is 0 Å². The van der Waals surface area contributed by atoms with Gasteiger partial charge >= 0.3 is 6.03 Å². The molecule has 4 amide bonds. The molecule has 1 fully saturated rings. The normalized spacial score (nSPS) is 22.9. The molecule has 2 aliphatic rings. The van der Waals surface area contributed by atoms with Crippen LogP contribution in [0.15, 0.2) is 18.2 Å². The average molecular weight is 433 g/mol. The van der Waals surface area contributed by atoms with Gasteiger partial charge < -0.3 is 30.3 Å². The van der Waals surface area contributed by atoms with Crippen LogP contribution in [0, 0.1) is 0 Å². The zero-order valence-electron chi connectivity index (χ0n) is 18.4. The van der Waals surface area contributed by atoms with E-state index in [1.54, 1.807) is 30.1 Å². The molecule has 1 saturated heterocycles. The third-order valence-corrected chi connectivity index (χ3v) is 5.59. The summed E-state index contributed by atoms with van der Waals surface area (Å²) in [4.78, 5) is 38.7. The lowest BCUT2D eigenvalue weighted by molar-refractivity contribution is -0.134. The van der Waals surface area contributed by atoms with Crippen LogP contribution in [0.1, 0.15) is 49.9 Å². The Hall–Kier alpha value is -2.81. The zero-order valence-corrected chi connectivity index (χ0v) is 18.4. The molecule has 0 saturated carbocycles. The third kappa shape index (κ3) is 5.66. The number of nitrogens with one attached hydrogen (secondary N) is 3. The van der Waals surface area contributed by atoms with Crippen molar-refractivity contribution in [1.82, 2.24) is 15.5 Å². The van der Waals surface area contributed by atoms with Gasteiger partial charge in [0.1, 0.15) is 18.5 Å². The molecule has 3 N–H and O–H groups in total. The Balaban J connectivity index is 1.71. The maximum atomic E-state index is 13.2. The Morgan fingerprint density at radius 3 is 2.74 bits per heavy atom. The first-order valence-corrected chi connectivity index (χ1v) is 10.9. The lowest BCUT2D eigenvalue weighted by Gasteiger charge is -2.42. The first-order chi connectivity index (χ1) is 14.9. The molecule has 0 bridgehead atoms. The SMILES string of the molecule is CCCNC(=O)C[C@H]1CC[C@@H]2[C@@H](COc3ccc(NC(=O)NCC)cc3C(=O)N2C)O1. The molecule has 3 rings (SSSR count). The fourth-order valence-corrected chi connectivity index (χ4v) is 3.98. The Bertz CT molecular complexity index is 815. The van der Waals surface area contributed by atoms with Crippen molar-refractivity contribution in [3.63, 3.8) is 0 Å². The number of urea groups is 1. The summed E-state index contributed by atoms with van der Waals surface area (Å²) in [6, 6.07) is 4.54. The third-order valence-electron chi connectivity index (χ3n) is 5.59. The van der Waals surface area contributed by atoms with E-state index in [9.17, 15) is 14.4 Å². The van der Waals surface area contributed by atoms with Crippen LogP contribution in [0.2, 0.25) is 0 Å². The van der Waals surface area contributed by atoms with Crippen molar-refractivity contribution >= 4 is 23.5 Å². The van der Waals surface area contributed by atoms with Crippen LogP contribution in [0.3, 0.4) is 0 Å². The number of carbonyl (C=O) groups is 3. The van der Waals surface area contributed by atoms with Crippen molar-refractivity contribution in [1.29, 1.82) is 0 Å². The highest BCUT2D eigenvalue weighted by molar-refractivity contribution is 5.99. The Kier molecular flexibility index (Phi) is 7.73. The molecular weight excluding hydrogens is 400 g/mol. The van der Waals surface area contributed by atoms with Gasteiger partial charge in [-0.2, -0.15) is 0 Å². The minimum atomic E-state index is -0.329. The molecule has 9 nitrogen and oxygen atoms in total. The first-order valence-electron chi connectivity index (χ1n) is 10.9. The highest BCUT2D eigenvalue weighted by Crippen LogP contribution is 2.32. The van der Waals surface area contributed by atoms with Gasteiger partial charge in [0, 0.05) is 25.8 Å². The van der Waals surface area contributed by atoms with E-state index < -0.39 is 0 Å². The molecule has 0 unspecified atom stereocenters. The molecule has 9 heteroatoms. The first kappa shape index (κ1) is 22.9. The lowest BCUT2D eigenvalue weighted by Crippen LogP contribution is -2.54. The second-order valence-corrected chi connectivity index (χ2v) is 7.92. The number of likely N-dealkylation sites (N-methyl/N-ethyl adjacent to an activating group) is 1. The van der Waals surface area contributed by atoms with Gasteiger partial charge in [0.05, 0.1) is 24.1 Å². The van der Waals surface area contributed by atoms with Gasteiger partial charge in [-0.25, -0.2) is 4.79 Å². The number of carbonyl (C=O) groups excluding carboxylic acids is 3. The second kappa shape index (κ2) is 10.5. The van der Waals surface area contributed by atoms with Crippen LogP contribution in [0.5, 0.6) is 5.75 Å². The van der Waals surface area contributed by atoms with Crippen LogP contribution >= 0.6 is 0 Å². The van der Waals surface area contributed by atoms with E-state index in [4.69, 9.17) is 9.47 Å². The second-order valence-electron chi connectivity index (χ2n) is 7.92. The number of ether oxygens (including phenoxy) is 2.